The van der Waals surface area contributed by atoms with Crippen LogP contribution in [0, 0.1) is 0 Å². The first kappa shape index (κ1) is 12.3. The van der Waals surface area contributed by atoms with Gasteiger partial charge in [0.15, 0.2) is 0 Å². The van der Waals surface area contributed by atoms with Crippen LogP contribution in [0.2, 0.25) is 0 Å². The Balaban J connectivity index is 2.42. The Hall–Kier alpha value is -1.72. The molecule has 4 nitrogen and oxygen atoms in total. The van der Waals surface area contributed by atoms with E-state index in [1.54, 1.807) is 24.3 Å². The van der Waals surface area contributed by atoms with Crippen molar-refractivity contribution >= 4 is 38.5 Å². The summed E-state index contributed by atoms with van der Waals surface area (Å²) in [4.78, 5) is 25.5. The van der Waals surface area contributed by atoms with Gasteiger partial charge in [0.05, 0.1) is 0 Å². The van der Waals surface area contributed by atoms with Crippen molar-refractivity contribution in [1.29, 1.82) is 0 Å². The quantitative estimate of drug-likeness (QED) is 0.822. The summed E-state index contributed by atoms with van der Waals surface area (Å²) in [7, 11) is 0. The van der Waals surface area contributed by atoms with Crippen LogP contribution in [0.5, 0.6) is 0 Å². The lowest BCUT2D eigenvalue weighted by molar-refractivity contribution is 0.0170. The van der Waals surface area contributed by atoms with Gasteiger partial charge < -0.3 is 5.11 Å². The smallest absolute Gasteiger partial charge is 0.263 e. The summed E-state index contributed by atoms with van der Waals surface area (Å²) in [6.45, 7) is 1.40. The number of hydrogen-bond acceptors (Lipinski definition) is 3. The van der Waals surface area contributed by atoms with Crippen LogP contribution >= 0.6 is 15.9 Å². The van der Waals surface area contributed by atoms with Crippen molar-refractivity contribution in [3.8, 4) is 0 Å². The minimum atomic E-state index is -1.15. The van der Waals surface area contributed by atoms with E-state index in [0.717, 1.165) is 14.8 Å². The molecule has 0 saturated heterocycles. The molecule has 1 aliphatic rings. The van der Waals surface area contributed by atoms with E-state index in [1.807, 2.05) is 6.07 Å². The van der Waals surface area contributed by atoms with Crippen LogP contribution in [-0.4, -0.2) is 28.0 Å². The van der Waals surface area contributed by atoms with E-state index >= 15 is 0 Å². The van der Waals surface area contributed by atoms with Gasteiger partial charge in [-0.3, -0.25) is 9.59 Å². The zero-order chi connectivity index (χ0) is 13.7. The van der Waals surface area contributed by atoms with Gasteiger partial charge in [-0.2, -0.15) is 0 Å². The highest BCUT2D eigenvalue weighted by atomic mass is 79.9. The highest BCUT2D eigenvalue weighted by Gasteiger charge is 2.35. The van der Waals surface area contributed by atoms with Crippen molar-refractivity contribution in [1.82, 2.24) is 4.90 Å². The average Bonchev–Trinajstić information content (AvgIpc) is 2.37. The molecule has 0 aromatic heterocycles. The van der Waals surface area contributed by atoms with Gasteiger partial charge in [-0.05, 0) is 30.5 Å². The molecule has 1 unspecified atom stereocenters. The molecule has 19 heavy (non-hydrogen) atoms. The molecule has 1 N–H and O–H groups in total. The SMILES string of the molecule is CC(O)N1C(=O)c2cccc3c(Br)ccc(c23)C1=O. The van der Waals surface area contributed by atoms with Crippen molar-refractivity contribution in [3.05, 3.63) is 45.9 Å². The largest absolute Gasteiger partial charge is 0.373 e. The van der Waals surface area contributed by atoms with Crippen molar-refractivity contribution in [2.24, 2.45) is 0 Å². The topological polar surface area (TPSA) is 57.6 Å². The lowest BCUT2D eigenvalue weighted by atomic mass is 9.94. The van der Waals surface area contributed by atoms with Crippen LogP contribution in [0.1, 0.15) is 27.6 Å². The summed E-state index contributed by atoms with van der Waals surface area (Å²) < 4.78 is 0.833. The Morgan fingerprint density at radius 1 is 1.11 bits per heavy atom. The lowest BCUT2D eigenvalue weighted by Crippen LogP contribution is -2.45. The Morgan fingerprint density at radius 2 is 1.74 bits per heavy atom. The summed E-state index contributed by atoms with van der Waals surface area (Å²) in [6, 6.07) is 8.73. The predicted octanol–water partition coefficient (Wildman–Crippen LogP) is 2.54. The van der Waals surface area contributed by atoms with Gasteiger partial charge >= 0.3 is 0 Å². The number of aliphatic hydroxyl groups excluding tert-OH is 1. The Labute approximate surface area is 117 Å². The summed E-state index contributed by atoms with van der Waals surface area (Å²) in [6.07, 6.45) is -1.15. The number of hydrogen-bond donors (Lipinski definition) is 1. The second kappa shape index (κ2) is 4.15. The van der Waals surface area contributed by atoms with Crippen molar-refractivity contribution in [3.63, 3.8) is 0 Å². The zero-order valence-corrected chi connectivity index (χ0v) is 11.6. The molecule has 0 bridgehead atoms. The summed E-state index contributed by atoms with van der Waals surface area (Å²) >= 11 is 3.42. The fourth-order valence-corrected chi connectivity index (χ4v) is 2.88. The van der Waals surface area contributed by atoms with E-state index in [-0.39, 0.29) is 0 Å². The van der Waals surface area contributed by atoms with E-state index in [4.69, 9.17) is 0 Å². The minimum Gasteiger partial charge on any atom is -0.373 e. The summed E-state index contributed by atoms with van der Waals surface area (Å²) in [5, 5.41) is 11.1. The molecule has 2 amide bonds. The monoisotopic (exact) mass is 319 g/mol. The number of aliphatic hydroxyl groups is 1. The van der Waals surface area contributed by atoms with Crippen LogP contribution < -0.4 is 0 Å². The lowest BCUT2D eigenvalue weighted by Gasteiger charge is -2.29. The van der Waals surface area contributed by atoms with E-state index < -0.39 is 18.0 Å². The number of halogens is 1. The Bertz CT molecular complexity index is 702. The number of carbonyl (C=O) groups excluding carboxylic acids is 2. The van der Waals surface area contributed by atoms with Crippen LogP contribution in [-0.2, 0) is 0 Å². The summed E-state index contributed by atoms with van der Waals surface area (Å²) in [5.41, 5.74) is 0.878. The number of carbonyl (C=O) groups is 2. The highest BCUT2D eigenvalue weighted by molar-refractivity contribution is 9.10. The van der Waals surface area contributed by atoms with Gasteiger partial charge in [0.1, 0.15) is 6.23 Å². The standard InChI is InChI=1S/C14H10BrNO3/c1-7(17)16-13(18)9-4-2-3-8-11(15)6-5-10(12(8)9)14(16)19/h2-7,17H,1H3. The zero-order valence-electron chi connectivity index (χ0n) is 10.1. The molecule has 0 fully saturated rings. The number of rotatable bonds is 1. The van der Waals surface area contributed by atoms with Crippen molar-refractivity contribution in [2.75, 3.05) is 0 Å². The van der Waals surface area contributed by atoms with Gasteiger partial charge in [0, 0.05) is 21.0 Å². The van der Waals surface area contributed by atoms with E-state index in [0.29, 0.717) is 16.5 Å². The Morgan fingerprint density at radius 3 is 2.37 bits per heavy atom. The molecule has 0 radical (unpaired) electrons. The molecule has 96 valence electrons. The molecule has 3 rings (SSSR count). The molecule has 1 aliphatic heterocycles. The third kappa shape index (κ3) is 1.62. The van der Waals surface area contributed by atoms with Gasteiger partial charge in [-0.1, -0.05) is 28.1 Å². The number of nitrogens with zero attached hydrogens (tertiary/aromatic N) is 1. The first-order valence-corrected chi connectivity index (χ1v) is 6.59. The Kier molecular flexibility index (Phi) is 2.69. The molecule has 2 aromatic carbocycles. The third-order valence-electron chi connectivity index (χ3n) is 3.26. The first-order chi connectivity index (χ1) is 9.02. The minimum absolute atomic E-state index is 0.439. The fourth-order valence-electron chi connectivity index (χ4n) is 2.42. The summed E-state index contributed by atoms with van der Waals surface area (Å²) in [5.74, 6) is -0.924. The van der Waals surface area contributed by atoms with E-state index in [1.165, 1.54) is 6.92 Å². The molecule has 5 heteroatoms. The van der Waals surface area contributed by atoms with Gasteiger partial charge in [0.2, 0.25) is 0 Å². The molecule has 1 heterocycles. The second-order valence-corrected chi connectivity index (χ2v) is 5.29. The van der Waals surface area contributed by atoms with Crippen LogP contribution in [0.25, 0.3) is 10.8 Å². The van der Waals surface area contributed by atoms with Crippen molar-refractivity contribution in [2.45, 2.75) is 13.2 Å². The maximum atomic E-state index is 12.3. The van der Waals surface area contributed by atoms with E-state index in [2.05, 4.69) is 15.9 Å². The maximum Gasteiger partial charge on any atom is 0.263 e. The predicted molar refractivity (Wildman–Crippen MR) is 73.8 cm³/mol. The average molecular weight is 320 g/mol. The van der Waals surface area contributed by atoms with Crippen LogP contribution in [0.3, 0.4) is 0 Å². The van der Waals surface area contributed by atoms with Crippen molar-refractivity contribution < 1.29 is 14.7 Å². The fraction of sp³-hybridized carbons (Fsp3) is 0.143. The van der Waals surface area contributed by atoms with E-state index in [9.17, 15) is 14.7 Å². The molecule has 0 saturated carbocycles. The molecule has 0 aliphatic carbocycles. The third-order valence-corrected chi connectivity index (χ3v) is 3.95. The second-order valence-electron chi connectivity index (χ2n) is 4.44. The van der Waals surface area contributed by atoms with Crippen LogP contribution in [0.15, 0.2) is 34.8 Å². The first-order valence-electron chi connectivity index (χ1n) is 5.79. The van der Waals surface area contributed by atoms with Gasteiger partial charge in [0.25, 0.3) is 11.8 Å². The number of benzene rings is 2. The van der Waals surface area contributed by atoms with Crippen LogP contribution in [0.4, 0.5) is 0 Å². The maximum absolute atomic E-state index is 12.3. The normalized spacial score (nSPS) is 16.1. The molecular formula is C14H10BrNO3. The molecule has 0 spiro atoms. The molecule has 2 aromatic rings. The van der Waals surface area contributed by atoms with Gasteiger partial charge in [-0.25, -0.2) is 4.90 Å². The highest BCUT2D eigenvalue weighted by Crippen LogP contribution is 2.34. The number of amides is 2. The van der Waals surface area contributed by atoms with Gasteiger partial charge in [-0.15, -0.1) is 0 Å². The number of imide groups is 1. The molecule has 1 atom stereocenters. The molecular weight excluding hydrogens is 310 g/mol.